The van der Waals surface area contributed by atoms with Gasteiger partial charge in [0.05, 0.1) is 43.4 Å². The number of ether oxygens (including phenoxy) is 2. The van der Waals surface area contributed by atoms with E-state index in [1.54, 1.807) is 25.3 Å². The van der Waals surface area contributed by atoms with Gasteiger partial charge in [-0.3, -0.25) is 0 Å². The summed E-state index contributed by atoms with van der Waals surface area (Å²) < 4.78 is 31.6. The van der Waals surface area contributed by atoms with Crippen LogP contribution in [0.15, 0.2) is 41.2 Å². The van der Waals surface area contributed by atoms with Gasteiger partial charge in [0, 0.05) is 5.56 Å². The Balaban J connectivity index is 1.33. The average molecular weight is 408 g/mol. The van der Waals surface area contributed by atoms with E-state index in [0.29, 0.717) is 48.5 Å². The molecule has 152 valence electrons. The van der Waals surface area contributed by atoms with Gasteiger partial charge in [0.25, 0.3) is 0 Å². The quantitative estimate of drug-likeness (QED) is 0.497. The van der Waals surface area contributed by atoms with Crippen LogP contribution in [0.4, 0.5) is 4.39 Å². The lowest BCUT2D eigenvalue weighted by Gasteiger charge is -2.13. The average Bonchev–Trinajstić information content (AvgIpc) is 3.37. The molecule has 0 unspecified atom stereocenters. The Hall–Kier alpha value is -3.66. The maximum Gasteiger partial charge on any atom is 0.232 e. The number of nitrogens with zero attached hydrogens (tertiary/aromatic N) is 6. The summed E-state index contributed by atoms with van der Waals surface area (Å²) in [7, 11) is 0. The van der Waals surface area contributed by atoms with Crippen molar-refractivity contribution in [3.63, 3.8) is 0 Å². The molecule has 10 heteroatoms. The first-order chi connectivity index (χ1) is 14.7. The van der Waals surface area contributed by atoms with E-state index in [0.717, 1.165) is 16.8 Å². The predicted molar refractivity (Wildman–Crippen MR) is 102 cm³/mol. The van der Waals surface area contributed by atoms with Crippen molar-refractivity contribution < 1.29 is 18.4 Å². The largest absolute Gasteiger partial charge is 0.471 e. The molecule has 1 aromatic carbocycles. The summed E-state index contributed by atoms with van der Waals surface area (Å²) in [4.78, 5) is 8.73. The van der Waals surface area contributed by atoms with E-state index in [2.05, 4.69) is 25.4 Å². The molecule has 1 aliphatic rings. The van der Waals surface area contributed by atoms with Gasteiger partial charge in [-0.05, 0) is 31.2 Å². The Labute approximate surface area is 170 Å². The fourth-order valence-corrected chi connectivity index (χ4v) is 3.23. The van der Waals surface area contributed by atoms with Crippen LogP contribution in [0.1, 0.15) is 17.0 Å². The van der Waals surface area contributed by atoms with Crippen LogP contribution < -0.4 is 4.74 Å². The molecule has 30 heavy (non-hydrogen) atoms. The van der Waals surface area contributed by atoms with E-state index in [1.807, 2.05) is 4.68 Å². The normalized spacial score (nSPS) is 13.3. The topological polar surface area (TPSA) is 101 Å². The number of rotatable bonds is 5. The SMILES string of the molecule is Cc1onc(-c2ccc(F)cc2)c1COc1cnc(-c2nnn3c2COCC3)cn1. The van der Waals surface area contributed by atoms with Crippen molar-refractivity contribution in [3.05, 3.63) is 59.5 Å². The predicted octanol–water partition coefficient (Wildman–Crippen LogP) is 2.95. The third-order valence-corrected chi connectivity index (χ3v) is 4.86. The Kier molecular flexibility index (Phi) is 4.68. The molecule has 0 saturated heterocycles. The minimum Gasteiger partial charge on any atom is -0.471 e. The van der Waals surface area contributed by atoms with Crippen molar-refractivity contribution in [1.82, 2.24) is 30.1 Å². The zero-order valence-electron chi connectivity index (χ0n) is 16.1. The highest BCUT2D eigenvalue weighted by Crippen LogP contribution is 2.27. The van der Waals surface area contributed by atoms with Crippen molar-refractivity contribution in [2.75, 3.05) is 6.61 Å². The summed E-state index contributed by atoms with van der Waals surface area (Å²) in [5.74, 6) is 0.657. The van der Waals surface area contributed by atoms with Crippen LogP contribution in [-0.4, -0.2) is 36.7 Å². The minimum atomic E-state index is -0.312. The molecular weight excluding hydrogens is 391 g/mol. The third-order valence-electron chi connectivity index (χ3n) is 4.86. The van der Waals surface area contributed by atoms with Crippen molar-refractivity contribution in [1.29, 1.82) is 0 Å². The van der Waals surface area contributed by atoms with E-state index >= 15 is 0 Å². The second kappa shape index (κ2) is 7.64. The molecule has 9 nitrogen and oxygen atoms in total. The first kappa shape index (κ1) is 18.4. The summed E-state index contributed by atoms with van der Waals surface area (Å²) >= 11 is 0. The fraction of sp³-hybridized carbons (Fsp3) is 0.250. The van der Waals surface area contributed by atoms with Crippen LogP contribution >= 0.6 is 0 Å². The molecule has 4 aromatic rings. The van der Waals surface area contributed by atoms with Gasteiger partial charge in [0.15, 0.2) is 0 Å². The van der Waals surface area contributed by atoms with E-state index in [1.165, 1.54) is 18.3 Å². The molecule has 0 bridgehead atoms. The van der Waals surface area contributed by atoms with Crippen LogP contribution in [0, 0.1) is 12.7 Å². The molecule has 0 radical (unpaired) electrons. The molecule has 0 atom stereocenters. The van der Waals surface area contributed by atoms with Gasteiger partial charge < -0.3 is 14.0 Å². The highest BCUT2D eigenvalue weighted by Gasteiger charge is 2.20. The molecule has 3 aromatic heterocycles. The van der Waals surface area contributed by atoms with E-state index in [4.69, 9.17) is 14.0 Å². The molecule has 0 saturated carbocycles. The second-order valence-corrected chi connectivity index (χ2v) is 6.76. The number of benzene rings is 1. The van der Waals surface area contributed by atoms with Crippen LogP contribution in [-0.2, 0) is 24.5 Å². The molecule has 1 aliphatic heterocycles. The van der Waals surface area contributed by atoms with Gasteiger partial charge in [-0.1, -0.05) is 10.4 Å². The van der Waals surface area contributed by atoms with Gasteiger partial charge in [-0.2, -0.15) is 0 Å². The van der Waals surface area contributed by atoms with Crippen LogP contribution in [0.25, 0.3) is 22.6 Å². The van der Waals surface area contributed by atoms with Gasteiger partial charge in [0.1, 0.15) is 35.3 Å². The summed E-state index contributed by atoms with van der Waals surface area (Å²) in [6.45, 7) is 3.72. The van der Waals surface area contributed by atoms with E-state index in [-0.39, 0.29) is 12.4 Å². The zero-order valence-corrected chi connectivity index (χ0v) is 16.1. The van der Waals surface area contributed by atoms with Crippen molar-refractivity contribution in [2.45, 2.75) is 26.7 Å². The van der Waals surface area contributed by atoms with Gasteiger partial charge in [0.2, 0.25) is 5.88 Å². The number of halogens is 1. The monoisotopic (exact) mass is 408 g/mol. The number of aryl methyl sites for hydroxylation is 1. The van der Waals surface area contributed by atoms with Crippen LogP contribution in [0.3, 0.4) is 0 Å². The van der Waals surface area contributed by atoms with E-state index in [9.17, 15) is 4.39 Å². The molecule has 0 N–H and O–H groups in total. The smallest absolute Gasteiger partial charge is 0.232 e. The van der Waals surface area contributed by atoms with Gasteiger partial charge in [-0.25, -0.2) is 19.0 Å². The lowest BCUT2D eigenvalue weighted by atomic mass is 10.1. The molecule has 0 amide bonds. The highest BCUT2D eigenvalue weighted by molar-refractivity contribution is 5.63. The van der Waals surface area contributed by atoms with Gasteiger partial charge in [-0.15, -0.1) is 5.10 Å². The number of aromatic nitrogens is 6. The lowest BCUT2D eigenvalue weighted by Crippen LogP contribution is -2.17. The summed E-state index contributed by atoms with van der Waals surface area (Å²) in [6.07, 6.45) is 3.13. The van der Waals surface area contributed by atoms with Crippen molar-refractivity contribution in [2.24, 2.45) is 0 Å². The minimum absolute atomic E-state index is 0.186. The molecule has 5 rings (SSSR count). The first-order valence-electron chi connectivity index (χ1n) is 9.35. The van der Waals surface area contributed by atoms with Crippen LogP contribution in [0.2, 0.25) is 0 Å². The van der Waals surface area contributed by atoms with Gasteiger partial charge >= 0.3 is 0 Å². The third kappa shape index (κ3) is 3.41. The Morgan fingerprint density at radius 2 is 2.00 bits per heavy atom. The number of hydrogen-bond acceptors (Lipinski definition) is 8. The van der Waals surface area contributed by atoms with Crippen molar-refractivity contribution in [3.8, 4) is 28.5 Å². The molecule has 4 heterocycles. The Morgan fingerprint density at radius 3 is 2.80 bits per heavy atom. The Bertz CT molecular complexity index is 1170. The second-order valence-electron chi connectivity index (χ2n) is 6.76. The zero-order chi connectivity index (χ0) is 20.5. The lowest BCUT2D eigenvalue weighted by molar-refractivity contribution is 0.0801. The first-order valence-corrected chi connectivity index (χ1v) is 9.35. The molecule has 0 fully saturated rings. The summed E-state index contributed by atoms with van der Waals surface area (Å²) in [5.41, 5.74) is 4.25. The summed E-state index contributed by atoms with van der Waals surface area (Å²) in [5, 5.41) is 12.4. The van der Waals surface area contributed by atoms with Crippen molar-refractivity contribution >= 4 is 0 Å². The maximum absolute atomic E-state index is 13.2. The molecule has 0 aliphatic carbocycles. The maximum atomic E-state index is 13.2. The molecule has 0 spiro atoms. The Morgan fingerprint density at radius 1 is 1.13 bits per heavy atom. The fourth-order valence-electron chi connectivity index (χ4n) is 3.23. The highest BCUT2D eigenvalue weighted by atomic mass is 19.1. The van der Waals surface area contributed by atoms with E-state index < -0.39 is 0 Å². The van der Waals surface area contributed by atoms with Crippen LogP contribution in [0.5, 0.6) is 5.88 Å². The standard InChI is InChI=1S/C20H17FN6O3/c1-12-15(19(25-30-12)13-2-4-14(21)5-3-13)10-29-18-9-22-16(8-23-18)20-17-11-28-7-6-27(17)26-24-20/h2-5,8-9H,6-7,10-11H2,1H3. The summed E-state index contributed by atoms with van der Waals surface area (Å²) in [6, 6.07) is 6.05. The number of hydrogen-bond donors (Lipinski definition) is 0. The molecular formula is C20H17FN6O3. The number of fused-ring (bicyclic) bond motifs is 1.